The third kappa shape index (κ3) is 3.50. The highest BCUT2D eigenvalue weighted by molar-refractivity contribution is 9.10. The van der Waals surface area contributed by atoms with E-state index >= 15 is 0 Å². The lowest BCUT2D eigenvalue weighted by atomic mass is 9.82. The van der Waals surface area contributed by atoms with Crippen LogP contribution in [0.2, 0.25) is 0 Å². The Morgan fingerprint density at radius 3 is 3.06 bits per heavy atom. The average Bonchev–Trinajstić information content (AvgIpc) is 2.39. The SMILES string of the molecule is CNC1(CO)CCCC(Sc2cccc(Br)c2)C1. The molecule has 2 rings (SSSR count). The molecule has 1 aromatic rings. The predicted molar refractivity (Wildman–Crippen MR) is 81.1 cm³/mol. The predicted octanol–water partition coefficient (Wildman–Crippen LogP) is 3.43. The molecule has 0 saturated heterocycles. The molecule has 1 fully saturated rings. The van der Waals surface area contributed by atoms with E-state index < -0.39 is 0 Å². The van der Waals surface area contributed by atoms with E-state index in [2.05, 4.69) is 45.5 Å². The second kappa shape index (κ2) is 6.42. The Bertz CT molecular complexity index is 395. The molecule has 0 amide bonds. The topological polar surface area (TPSA) is 32.3 Å². The molecule has 0 radical (unpaired) electrons. The molecule has 0 heterocycles. The van der Waals surface area contributed by atoms with Crippen LogP contribution in [-0.2, 0) is 0 Å². The van der Waals surface area contributed by atoms with Gasteiger partial charge in [-0.2, -0.15) is 0 Å². The number of aliphatic hydroxyl groups is 1. The lowest BCUT2D eigenvalue weighted by Gasteiger charge is -2.39. The summed E-state index contributed by atoms with van der Waals surface area (Å²) in [5.74, 6) is 0. The molecule has 0 aromatic heterocycles. The number of nitrogens with one attached hydrogen (secondary N) is 1. The molecule has 2 unspecified atom stereocenters. The summed E-state index contributed by atoms with van der Waals surface area (Å²) in [5.41, 5.74) is -0.0675. The summed E-state index contributed by atoms with van der Waals surface area (Å²) in [6.45, 7) is 0.235. The van der Waals surface area contributed by atoms with Crippen LogP contribution in [0.1, 0.15) is 25.7 Å². The number of hydrogen-bond acceptors (Lipinski definition) is 3. The molecule has 0 aliphatic heterocycles. The Morgan fingerprint density at radius 1 is 1.56 bits per heavy atom. The maximum absolute atomic E-state index is 9.59. The van der Waals surface area contributed by atoms with Crippen molar-refractivity contribution in [2.45, 2.75) is 41.4 Å². The first-order valence-corrected chi connectivity index (χ1v) is 8.07. The number of benzene rings is 1. The van der Waals surface area contributed by atoms with E-state index in [1.165, 1.54) is 17.7 Å². The Morgan fingerprint density at radius 2 is 2.39 bits per heavy atom. The number of rotatable bonds is 4. The summed E-state index contributed by atoms with van der Waals surface area (Å²) in [4.78, 5) is 1.30. The quantitative estimate of drug-likeness (QED) is 0.887. The number of aliphatic hydroxyl groups excluding tert-OH is 1. The van der Waals surface area contributed by atoms with Crippen molar-refractivity contribution in [1.82, 2.24) is 5.32 Å². The molecule has 2 atom stereocenters. The Kier molecular flexibility index (Phi) is 5.13. The third-order valence-electron chi connectivity index (χ3n) is 3.73. The van der Waals surface area contributed by atoms with Crippen LogP contribution in [0.4, 0.5) is 0 Å². The number of thioether (sulfide) groups is 1. The van der Waals surface area contributed by atoms with E-state index in [9.17, 15) is 5.11 Å². The average molecular weight is 330 g/mol. The fourth-order valence-electron chi connectivity index (χ4n) is 2.59. The van der Waals surface area contributed by atoms with Crippen LogP contribution in [0.3, 0.4) is 0 Å². The van der Waals surface area contributed by atoms with Crippen molar-refractivity contribution in [1.29, 1.82) is 0 Å². The van der Waals surface area contributed by atoms with E-state index in [1.54, 1.807) is 0 Å². The lowest BCUT2D eigenvalue weighted by molar-refractivity contribution is 0.131. The zero-order valence-corrected chi connectivity index (χ0v) is 13.1. The molecule has 1 aliphatic carbocycles. The van der Waals surface area contributed by atoms with E-state index in [0.717, 1.165) is 17.3 Å². The minimum Gasteiger partial charge on any atom is -0.394 e. The number of likely N-dealkylation sites (N-methyl/N-ethyl adjacent to an activating group) is 1. The maximum atomic E-state index is 9.59. The van der Waals surface area contributed by atoms with Gasteiger partial charge >= 0.3 is 0 Å². The van der Waals surface area contributed by atoms with Gasteiger partial charge in [0.2, 0.25) is 0 Å². The van der Waals surface area contributed by atoms with E-state index in [1.807, 2.05) is 18.8 Å². The second-order valence-electron chi connectivity index (χ2n) is 4.98. The first-order valence-electron chi connectivity index (χ1n) is 6.39. The van der Waals surface area contributed by atoms with Gasteiger partial charge in [0.1, 0.15) is 0 Å². The van der Waals surface area contributed by atoms with E-state index in [0.29, 0.717) is 5.25 Å². The molecule has 0 bridgehead atoms. The first-order chi connectivity index (χ1) is 8.67. The van der Waals surface area contributed by atoms with Crippen molar-refractivity contribution in [3.63, 3.8) is 0 Å². The smallest absolute Gasteiger partial charge is 0.0613 e. The van der Waals surface area contributed by atoms with E-state index in [4.69, 9.17) is 0 Å². The molecule has 18 heavy (non-hydrogen) atoms. The van der Waals surface area contributed by atoms with Crippen molar-refractivity contribution in [2.24, 2.45) is 0 Å². The Hall–Kier alpha value is -0.0300. The van der Waals surface area contributed by atoms with Gasteiger partial charge in [-0.25, -0.2) is 0 Å². The molecule has 0 spiro atoms. The van der Waals surface area contributed by atoms with Gasteiger partial charge in [-0.1, -0.05) is 28.4 Å². The molecule has 2 N–H and O–H groups in total. The Balaban J connectivity index is 2.01. The standard InChI is InChI=1S/C14H20BrNOS/c1-16-14(10-17)7-3-6-13(9-14)18-12-5-2-4-11(15)8-12/h2,4-5,8,13,16-17H,3,6-7,9-10H2,1H3. The fraction of sp³-hybridized carbons (Fsp3) is 0.571. The zero-order valence-electron chi connectivity index (χ0n) is 10.7. The molecule has 1 aliphatic rings. The van der Waals surface area contributed by atoms with Crippen molar-refractivity contribution < 1.29 is 5.11 Å². The van der Waals surface area contributed by atoms with Gasteiger partial charge in [-0.05, 0) is 44.5 Å². The summed E-state index contributed by atoms with van der Waals surface area (Å²) in [6, 6.07) is 8.45. The van der Waals surface area contributed by atoms with Gasteiger partial charge < -0.3 is 10.4 Å². The third-order valence-corrected chi connectivity index (χ3v) is 5.49. The van der Waals surface area contributed by atoms with Crippen LogP contribution in [0.25, 0.3) is 0 Å². The lowest BCUT2D eigenvalue weighted by Crippen LogP contribution is -2.50. The zero-order chi connectivity index (χ0) is 13.0. The molecule has 1 saturated carbocycles. The fourth-order valence-corrected chi connectivity index (χ4v) is 4.57. The van der Waals surface area contributed by atoms with Gasteiger partial charge in [-0.3, -0.25) is 0 Å². The highest BCUT2D eigenvalue weighted by Gasteiger charge is 2.34. The summed E-state index contributed by atoms with van der Waals surface area (Å²) in [7, 11) is 1.96. The van der Waals surface area contributed by atoms with Crippen molar-refractivity contribution in [3.05, 3.63) is 28.7 Å². The van der Waals surface area contributed by atoms with Crippen LogP contribution in [-0.4, -0.2) is 29.5 Å². The monoisotopic (exact) mass is 329 g/mol. The largest absolute Gasteiger partial charge is 0.394 e. The normalized spacial score (nSPS) is 28.3. The number of halogens is 1. The van der Waals surface area contributed by atoms with Crippen LogP contribution in [0.15, 0.2) is 33.6 Å². The van der Waals surface area contributed by atoms with Crippen LogP contribution < -0.4 is 5.32 Å². The summed E-state index contributed by atoms with van der Waals surface area (Å²) in [5, 5.41) is 13.5. The van der Waals surface area contributed by atoms with Crippen LogP contribution in [0, 0.1) is 0 Å². The van der Waals surface area contributed by atoms with Gasteiger partial charge in [0.05, 0.1) is 6.61 Å². The van der Waals surface area contributed by atoms with E-state index in [-0.39, 0.29) is 12.1 Å². The second-order valence-corrected chi connectivity index (χ2v) is 7.27. The summed E-state index contributed by atoms with van der Waals surface area (Å²) >= 11 is 5.44. The van der Waals surface area contributed by atoms with Gasteiger partial charge in [0.25, 0.3) is 0 Å². The highest BCUT2D eigenvalue weighted by atomic mass is 79.9. The van der Waals surface area contributed by atoms with Gasteiger partial charge in [0, 0.05) is 20.2 Å². The van der Waals surface area contributed by atoms with Gasteiger partial charge in [0.15, 0.2) is 0 Å². The molecular formula is C14H20BrNOS. The van der Waals surface area contributed by atoms with Crippen molar-refractivity contribution in [2.75, 3.05) is 13.7 Å². The molecule has 1 aromatic carbocycles. The van der Waals surface area contributed by atoms with Crippen molar-refractivity contribution in [3.8, 4) is 0 Å². The summed E-state index contributed by atoms with van der Waals surface area (Å²) < 4.78 is 1.13. The molecule has 2 nitrogen and oxygen atoms in total. The highest BCUT2D eigenvalue weighted by Crippen LogP contribution is 2.38. The Labute approximate surface area is 122 Å². The minimum absolute atomic E-state index is 0.0675. The minimum atomic E-state index is -0.0675. The van der Waals surface area contributed by atoms with Crippen LogP contribution >= 0.6 is 27.7 Å². The number of hydrogen-bond donors (Lipinski definition) is 2. The van der Waals surface area contributed by atoms with Gasteiger partial charge in [-0.15, -0.1) is 11.8 Å². The first kappa shape index (κ1) is 14.4. The molecule has 4 heteroatoms. The van der Waals surface area contributed by atoms with Crippen LogP contribution in [0.5, 0.6) is 0 Å². The molecular weight excluding hydrogens is 310 g/mol. The summed E-state index contributed by atoms with van der Waals surface area (Å²) in [6.07, 6.45) is 4.54. The maximum Gasteiger partial charge on any atom is 0.0613 e. The van der Waals surface area contributed by atoms with Crippen molar-refractivity contribution >= 4 is 27.7 Å². The molecule has 100 valence electrons.